The average Bonchev–Trinajstić information content (AvgIpc) is 2.81. The lowest BCUT2D eigenvalue weighted by molar-refractivity contribution is 0.0899. The van der Waals surface area contributed by atoms with E-state index in [2.05, 4.69) is 15.9 Å². The standard InChI is InChI=1S/C16H12BrNO3/c17-12-7-8-13-14(10-12)21-16(20)18(13)15(19)9-6-11-4-2-1-3-5-11/h1-5,7-8,10H,6,9H2. The number of halogens is 1. The van der Waals surface area contributed by atoms with Crippen molar-refractivity contribution in [1.82, 2.24) is 4.57 Å². The van der Waals surface area contributed by atoms with Crippen molar-refractivity contribution >= 4 is 32.9 Å². The SMILES string of the molecule is O=C(CCc1ccccc1)n1c(=O)oc2cc(Br)ccc21. The van der Waals surface area contributed by atoms with Gasteiger partial charge in [0.2, 0.25) is 5.91 Å². The number of oxazole rings is 1. The number of rotatable bonds is 3. The molecule has 1 heterocycles. The van der Waals surface area contributed by atoms with E-state index in [1.165, 1.54) is 0 Å². The molecule has 0 aliphatic carbocycles. The normalized spacial score (nSPS) is 10.9. The van der Waals surface area contributed by atoms with Gasteiger partial charge in [-0.2, -0.15) is 0 Å². The van der Waals surface area contributed by atoms with Crippen molar-refractivity contribution in [2.24, 2.45) is 0 Å². The highest BCUT2D eigenvalue weighted by Gasteiger charge is 2.15. The van der Waals surface area contributed by atoms with E-state index in [4.69, 9.17) is 4.42 Å². The van der Waals surface area contributed by atoms with Gasteiger partial charge in [0.1, 0.15) is 0 Å². The van der Waals surface area contributed by atoms with Crippen molar-refractivity contribution in [2.45, 2.75) is 12.8 Å². The number of carbonyl (C=O) groups is 1. The lowest BCUT2D eigenvalue weighted by atomic mass is 10.1. The van der Waals surface area contributed by atoms with E-state index in [0.717, 1.165) is 14.6 Å². The molecule has 0 unspecified atom stereocenters. The van der Waals surface area contributed by atoms with Gasteiger partial charge in [-0.15, -0.1) is 0 Å². The van der Waals surface area contributed by atoms with Crippen molar-refractivity contribution in [3.63, 3.8) is 0 Å². The molecule has 0 saturated heterocycles. The van der Waals surface area contributed by atoms with Gasteiger partial charge in [-0.25, -0.2) is 9.36 Å². The number of aromatic nitrogens is 1. The summed E-state index contributed by atoms with van der Waals surface area (Å²) in [6.45, 7) is 0. The van der Waals surface area contributed by atoms with Crippen molar-refractivity contribution in [3.8, 4) is 0 Å². The Kier molecular flexibility index (Phi) is 3.75. The number of aryl methyl sites for hydroxylation is 1. The quantitative estimate of drug-likeness (QED) is 0.728. The highest BCUT2D eigenvalue weighted by Crippen LogP contribution is 2.19. The van der Waals surface area contributed by atoms with Crippen LogP contribution in [-0.2, 0) is 6.42 Å². The average molecular weight is 346 g/mol. The molecule has 0 amide bonds. The first-order chi connectivity index (χ1) is 10.1. The van der Waals surface area contributed by atoms with Crippen LogP contribution in [0.25, 0.3) is 11.1 Å². The Morgan fingerprint density at radius 1 is 1.14 bits per heavy atom. The molecule has 106 valence electrons. The highest BCUT2D eigenvalue weighted by atomic mass is 79.9. The molecule has 0 atom stereocenters. The van der Waals surface area contributed by atoms with Crippen LogP contribution in [0.1, 0.15) is 16.8 Å². The summed E-state index contributed by atoms with van der Waals surface area (Å²) in [6.07, 6.45) is 0.851. The Morgan fingerprint density at radius 2 is 1.90 bits per heavy atom. The summed E-state index contributed by atoms with van der Waals surface area (Å²) in [5.41, 5.74) is 1.97. The zero-order valence-electron chi connectivity index (χ0n) is 11.1. The molecule has 0 radical (unpaired) electrons. The Labute approximate surface area is 129 Å². The van der Waals surface area contributed by atoms with Crippen molar-refractivity contribution < 1.29 is 9.21 Å². The Bertz CT molecular complexity index is 849. The predicted octanol–water partition coefficient (Wildman–Crippen LogP) is 3.63. The van der Waals surface area contributed by atoms with E-state index in [1.54, 1.807) is 18.2 Å². The summed E-state index contributed by atoms with van der Waals surface area (Å²) < 4.78 is 7.01. The van der Waals surface area contributed by atoms with Crippen LogP contribution in [-0.4, -0.2) is 10.5 Å². The van der Waals surface area contributed by atoms with Crippen molar-refractivity contribution in [1.29, 1.82) is 0 Å². The van der Waals surface area contributed by atoms with Gasteiger partial charge in [-0.05, 0) is 30.2 Å². The third-order valence-electron chi connectivity index (χ3n) is 3.26. The molecule has 0 N–H and O–H groups in total. The first-order valence-electron chi connectivity index (χ1n) is 6.53. The molecule has 0 aliphatic heterocycles. The maximum Gasteiger partial charge on any atom is 0.426 e. The first-order valence-corrected chi connectivity index (χ1v) is 7.33. The molecule has 0 saturated carbocycles. The lowest BCUT2D eigenvalue weighted by Crippen LogP contribution is -2.22. The van der Waals surface area contributed by atoms with Crippen LogP contribution in [0.4, 0.5) is 0 Å². The minimum atomic E-state index is -0.638. The van der Waals surface area contributed by atoms with Gasteiger partial charge in [0.15, 0.2) is 5.58 Å². The van der Waals surface area contributed by atoms with Crippen molar-refractivity contribution in [2.75, 3.05) is 0 Å². The number of nitrogens with zero attached hydrogens (tertiary/aromatic N) is 1. The van der Waals surface area contributed by atoms with Crippen LogP contribution in [0, 0.1) is 0 Å². The van der Waals surface area contributed by atoms with E-state index < -0.39 is 5.76 Å². The van der Waals surface area contributed by atoms with E-state index in [-0.39, 0.29) is 12.3 Å². The van der Waals surface area contributed by atoms with Gasteiger partial charge in [-0.1, -0.05) is 46.3 Å². The van der Waals surface area contributed by atoms with Crippen LogP contribution in [0.5, 0.6) is 0 Å². The fourth-order valence-corrected chi connectivity index (χ4v) is 2.58. The van der Waals surface area contributed by atoms with Gasteiger partial charge < -0.3 is 4.42 Å². The fraction of sp³-hybridized carbons (Fsp3) is 0.125. The van der Waals surface area contributed by atoms with Crippen LogP contribution >= 0.6 is 15.9 Å². The lowest BCUT2D eigenvalue weighted by Gasteiger charge is -2.02. The molecule has 0 fully saturated rings. The van der Waals surface area contributed by atoms with Gasteiger partial charge in [0.05, 0.1) is 5.52 Å². The topological polar surface area (TPSA) is 52.2 Å². The van der Waals surface area contributed by atoms with E-state index in [1.807, 2.05) is 30.3 Å². The smallest absolute Gasteiger partial charge is 0.407 e. The highest BCUT2D eigenvalue weighted by molar-refractivity contribution is 9.10. The first kappa shape index (κ1) is 13.8. The van der Waals surface area contributed by atoms with Gasteiger partial charge in [-0.3, -0.25) is 4.79 Å². The second kappa shape index (κ2) is 5.69. The zero-order chi connectivity index (χ0) is 14.8. The number of hydrogen-bond acceptors (Lipinski definition) is 3. The van der Waals surface area contributed by atoms with E-state index in [0.29, 0.717) is 17.5 Å². The van der Waals surface area contributed by atoms with E-state index in [9.17, 15) is 9.59 Å². The Balaban J connectivity index is 1.88. The summed E-state index contributed by atoms with van der Waals surface area (Å²) in [5.74, 6) is -0.897. The molecular weight excluding hydrogens is 334 g/mol. The second-order valence-corrected chi connectivity index (χ2v) is 5.61. The minimum absolute atomic E-state index is 0.259. The molecule has 21 heavy (non-hydrogen) atoms. The summed E-state index contributed by atoms with van der Waals surface area (Å²) >= 11 is 3.31. The Hall–Kier alpha value is -2.14. The second-order valence-electron chi connectivity index (χ2n) is 4.69. The van der Waals surface area contributed by atoms with Crippen LogP contribution in [0.2, 0.25) is 0 Å². The molecule has 3 rings (SSSR count). The number of fused-ring (bicyclic) bond motifs is 1. The molecule has 3 aromatic rings. The molecule has 0 bridgehead atoms. The zero-order valence-corrected chi connectivity index (χ0v) is 12.7. The molecule has 2 aromatic carbocycles. The summed E-state index contributed by atoms with van der Waals surface area (Å²) in [7, 11) is 0. The summed E-state index contributed by atoms with van der Waals surface area (Å²) in [4.78, 5) is 24.2. The van der Waals surface area contributed by atoms with Crippen LogP contribution < -0.4 is 5.76 Å². The largest absolute Gasteiger partial charge is 0.426 e. The van der Waals surface area contributed by atoms with Gasteiger partial charge in [0, 0.05) is 10.9 Å². The third kappa shape index (κ3) is 2.83. The number of hydrogen-bond donors (Lipinski definition) is 0. The molecular formula is C16H12BrNO3. The number of carbonyl (C=O) groups excluding carboxylic acids is 1. The molecule has 4 nitrogen and oxygen atoms in total. The van der Waals surface area contributed by atoms with Crippen LogP contribution in [0.3, 0.4) is 0 Å². The molecule has 5 heteroatoms. The fourth-order valence-electron chi connectivity index (χ4n) is 2.24. The summed E-state index contributed by atoms with van der Waals surface area (Å²) in [5, 5.41) is 0. The third-order valence-corrected chi connectivity index (χ3v) is 3.76. The van der Waals surface area contributed by atoms with Gasteiger partial charge in [0.25, 0.3) is 0 Å². The molecule has 0 spiro atoms. The predicted molar refractivity (Wildman–Crippen MR) is 83.6 cm³/mol. The maximum atomic E-state index is 12.3. The van der Waals surface area contributed by atoms with Gasteiger partial charge >= 0.3 is 5.76 Å². The van der Waals surface area contributed by atoms with Crippen molar-refractivity contribution in [3.05, 3.63) is 69.1 Å². The number of benzene rings is 2. The Morgan fingerprint density at radius 3 is 2.67 bits per heavy atom. The van der Waals surface area contributed by atoms with E-state index >= 15 is 0 Å². The monoisotopic (exact) mass is 345 g/mol. The molecule has 0 aliphatic rings. The maximum absolute atomic E-state index is 12.3. The molecule has 1 aromatic heterocycles. The minimum Gasteiger partial charge on any atom is -0.407 e. The van der Waals surface area contributed by atoms with Crippen LogP contribution in [0.15, 0.2) is 62.2 Å². The summed E-state index contributed by atoms with van der Waals surface area (Å²) in [6, 6.07) is 14.9.